The fraction of sp³-hybridized carbons (Fsp3) is 0.0556. The molecule has 0 saturated carbocycles. The molecule has 0 atom stereocenters. The Morgan fingerprint density at radius 2 is 1.71 bits per heavy atom. The average molecular weight is 294 g/mol. The molecule has 0 saturated heterocycles. The van der Waals surface area contributed by atoms with E-state index in [9.17, 15) is 4.79 Å². The summed E-state index contributed by atoms with van der Waals surface area (Å²) in [5.41, 5.74) is 2.90. The van der Waals surface area contributed by atoms with Crippen LogP contribution in [0.1, 0.15) is 18.1 Å². The van der Waals surface area contributed by atoms with Crippen LogP contribution in [-0.2, 0) is 9.53 Å². The van der Waals surface area contributed by atoms with E-state index < -0.39 is 0 Å². The van der Waals surface area contributed by atoms with Gasteiger partial charge in [-0.25, -0.2) is 0 Å². The lowest BCUT2D eigenvalue weighted by molar-refractivity contribution is -0.134. The zero-order valence-electron chi connectivity index (χ0n) is 11.6. The summed E-state index contributed by atoms with van der Waals surface area (Å²) < 4.78 is 5.54. The second-order valence-electron chi connectivity index (χ2n) is 4.62. The minimum absolute atomic E-state index is 0.312. The Bertz CT molecular complexity index is 730. The molecular weight excluding hydrogens is 280 g/mol. The third-order valence-electron chi connectivity index (χ3n) is 3.14. The first-order valence-electron chi connectivity index (χ1n) is 6.66. The molecule has 3 heteroatoms. The maximum atomic E-state index is 11.5. The number of ether oxygens (including phenoxy) is 1. The van der Waals surface area contributed by atoms with Gasteiger partial charge in [-0.1, -0.05) is 60.3 Å². The molecule has 1 aliphatic rings. The quantitative estimate of drug-likeness (QED) is 0.748. The van der Waals surface area contributed by atoms with Gasteiger partial charge in [0.25, 0.3) is 0 Å². The van der Waals surface area contributed by atoms with Gasteiger partial charge in [-0.15, -0.1) is 0 Å². The van der Waals surface area contributed by atoms with Crippen LogP contribution >= 0.6 is 11.8 Å². The number of carbonyl (C=O) groups is 1. The summed E-state index contributed by atoms with van der Waals surface area (Å²) >= 11 is 1.63. The maximum Gasteiger partial charge on any atom is 0.308 e. The van der Waals surface area contributed by atoms with Crippen molar-refractivity contribution in [3.8, 4) is 0 Å². The first-order valence-corrected chi connectivity index (χ1v) is 7.54. The van der Waals surface area contributed by atoms with Crippen molar-refractivity contribution in [2.24, 2.45) is 0 Å². The van der Waals surface area contributed by atoms with Gasteiger partial charge in [-0.3, -0.25) is 4.79 Å². The number of hydrogen-bond donors (Lipinski definition) is 0. The van der Waals surface area contributed by atoms with E-state index in [1.807, 2.05) is 66.1 Å². The van der Waals surface area contributed by atoms with Crippen LogP contribution in [0.2, 0.25) is 0 Å². The highest BCUT2D eigenvalue weighted by Gasteiger charge is 2.18. The largest absolute Gasteiger partial charge is 0.425 e. The van der Waals surface area contributed by atoms with Crippen molar-refractivity contribution in [3.63, 3.8) is 0 Å². The van der Waals surface area contributed by atoms with Crippen molar-refractivity contribution < 1.29 is 9.53 Å². The highest BCUT2D eigenvalue weighted by atomic mass is 32.2. The van der Waals surface area contributed by atoms with Gasteiger partial charge < -0.3 is 4.74 Å². The Balaban J connectivity index is 2.24. The molecule has 104 valence electrons. The van der Waals surface area contributed by atoms with Crippen molar-refractivity contribution in [2.45, 2.75) is 11.8 Å². The van der Waals surface area contributed by atoms with Gasteiger partial charge in [0.05, 0.1) is 0 Å². The lowest BCUT2D eigenvalue weighted by Gasteiger charge is -2.13. The first-order chi connectivity index (χ1) is 10.3. The van der Waals surface area contributed by atoms with Crippen LogP contribution in [0, 0.1) is 0 Å². The van der Waals surface area contributed by atoms with Crippen LogP contribution in [-0.4, -0.2) is 5.97 Å². The number of rotatable bonds is 2. The van der Waals surface area contributed by atoms with E-state index in [4.69, 9.17) is 4.74 Å². The van der Waals surface area contributed by atoms with Gasteiger partial charge in [0.15, 0.2) is 0 Å². The van der Waals surface area contributed by atoms with Crippen molar-refractivity contribution in [2.75, 3.05) is 0 Å². The lowest BCUT2D eigenvalue weighted by atomic mass is 10.0. The Kier molecular flexibility index (Phi) is 3.93. The molecule has 21 heavy (non-hydrogen) atoms. The third kappa shape index (κ3) is 2.93. The van der Waals surface area contributed by atoms with Crippen molar-refractivity contribution in [3.05, 3.63) is 77.2 Å². The van der Waals surface area contributed by atoms with Crippen molar-refractivity contribution >= 4 is 29.1 Å². The molecule has 3 rings (SSSR count). The molecule has 2 aromatic rings. The van der Waals surface area contributed by atoms with Gasteiger partial charge in [0.2, 0.25) is 0 Å². The normalized spacial score (nSPS) is 13.6. The van der Waals surface area contributed by atoms with Gasteiger partial charge in [-0.05, 0) is 23.1 Å². The van der Waals surface area contributed by atoms with Gasteiger partial charge in [-0.2, -0.15) is 0 Å². The van der Waals surface area contributed by atoms with Gasteiger partial charge >= 0.3 is 5.97 Å². The van der Waals surface area contributed by atoms with Crippen LogP contribution < -0.4 is 0 Å². The van der Waals surface area contributed by atoms with Crippen molar-refractivity contribution in [1.82, 2.24) is 0 Å². The monoisotopic (exact) mass is 294 g/mol. The molecule has 0 bridgehead atoms. The molecular formula is C18H14O2S. The summed E-state index contributed by atoms with van der Waals surface area (Å²) in [6.45, 7) is 1.43. The molecule has 0 spiro atoms. The summed E-state index contributed by atoms with van der Waals surface area (Å²) in [5, 5.41) is 2.03. The van der Waals surface area contributed by atoms with Crippen LogP contribution in [0.15, 0.2) is 71.0 Å². The van der Waals surface area contributed by atoms with Gasteiger partial charge in [0, 0.05) is 23.0 Å². The van der Waals surface area contributed by atoms with E-state index in [1.54, 1.807) is 11.8 Å². The Hall–Kier alpha value is -2.26. The number of benzene rings is 2. The number of fused-ring (bicyclic) bond motifs is 1. The van der Waals surface area contributed by atoms with E-state index in [0.717, 1.165) is 21.6 Å². The smallest absolute Gasteiger partial charge is 0.308 e. The maximum absolute atomic E-state index is 11.5. The molecule has 0 N–H and O–H groups in total. The predicted octanol–water partition coefficient (Wildman–Crippen LogP) is 4.74. The molecule has 2 aromatic carbocycles. The standard InChI is InChI=1S/C18H14O2S/c1-13(19)20-18-15(14-7-3-2-4-8-14)11-12-21-17-10-6-5-9-16(17)18/h2-12H,1H3. The second-order valence-corrected chi connectivity index (χ2v) is 5.57. The van der Waals surface area contributed by atoms with Crippen LogP contribution in [0.4, 0.5) is 0 Å². The third-order valence-corrected chi connectivity index (χ3v) is 4.02. The Morgan fingerprint density at radius 3 is 2.48 bits per heavy atom. The number of esters is 1. The summed E-state index contributed by atoms with van der Waals surface area (Å²) in [6, 6.07) is 17.9. The topological polar surface area (TPSA) is 26.3 Å². The fourth-order valence-corrected chi connectivity index (χ4v) is 3.05. The molecule has 0 radical (unpaired) electrons. The summed E-state index contributed by atoms with van der Waals surface area (Å²) in [4.78, 5) is 12.6. The summed E-state index contributed by atoms with van der Waals surface area (Å²) in [6.07, 6.45) is 2.00. The average Bonchev–Trinajstić information content (AvgIpc) is 2.68. The molecule has 1 heterocycles. The van der Waals surface area contributed by atoms with E-state index in [0.29, 0.717) is 5.76 Å². The highest BCUT2D eigenvalue weighted by molar-refractivity contribution is 8.02. The molecule has 0 amide bonds. The number of thioether (sulfide) groups is 1. The zero-order valence-corrected chi connectivity index (χ0v) is 12.4. The predicted molar refractivity (Wildman–Crippen MR) is 86.5 cm³/mol. The molecule has 0 fully saturated rings. The van der Waals surface area contributed by atoms with Crippen LogP contribution in [0.25, 0.3) is 11.3 Å². The van der Waals surface area contributed by atoms with E-state index in [2.05, 4.69) is 0 Å². The van der Waals surface area contributed by atoms with E-state index in [1.165, 1.54) is 6.92 Å². The molecule has 0 unspecified atom stereocenters. The van der Waals surface area contributed by atoms with E-state index in [-0.39, 0.29) is 5.97 Å². The number of carbonyl (C=O) groups excluding carboxylic acids is 1. The Morgan fingerprint density at radius 1 is 1.00 bits per heavy atom. The Labute approximate surface area is 128 Å². The highest BCUT2D eigenvalue weighted by Crippen LogP contribution is 2.38. The molecule has 0 aromatic heterocycles. The SMILES string of the molecule is CC(=O)OC1=C(c2ccccc2)C=CSc2ccccc21. The minimum atomic E-state index is -0.312. The second kappa shape index (κ2) is 6.02. The lowest BCUT2D eigenvalue weighted by Crippen LogP contribution is -2.01. The summed E-state index contributed by atoms with van der Waals surface area (Å²) in [7, 11) is 0. The molecule has 0 aliphatic carbocycles. The fourth-order valence-electron chi connectivity index (χ4n) is 2.25. The molecule has 2 nitrogen and oxygen atoms in total. The number of allylic oxidation sites excluding steroid dienone is 2. The number of hydrogen-bond acceptors (Lipinski definition) is 3. The van der Waals surface area contributed by atoms with Crippen LogP contribution in [0.3, 0.4) is 0 Å². The zero-order chi connectivity index (χ0) is 14.7. The van der Waals surface area contributed by atoms with E-state index >= 15 is 0 Å². The first kappa shape index (κ1) is 13.7. The summed E-state index contributed by atoms with van der Waals surface area (Å²) in [5.74, 6) is 0.305. The van der Waals surface area contributed by atoms with Crippen molar-refractivity contribution in [1.29, 1.82) is 0 Å². The van der Waals surface area contributed by atoms with Gasteiger partial charge in [0.1, 0.15) is 5.76 Å². The minimum Gasteiger partial charge on any atom is -0.425 e. The molecule has 1 aliphatic heterocycles. The van der Waals surface area contributed by atoms with Crippen LogP contribution in [0.5, 0.6) is 0 Å².